The molecule has 112 valence electrons. The molecule has 19 heavy (non-hydrogen) atoms. The van der Waals surface area contributed by atoms with E-state index in [0.29, 0.717) is 6.54 Å². The van der Waals surface area contributed by atoms with Crippen LogP contribution in [0.25, 0.3) is 0 Å². The number of amides is 2. The summed E-state index contributed by atoms with van der Waals surface area (Å²) in [4.78, 5) is 23.8. The van der Waals surface area contributed by atoms with Gasteiger partial charge in [0.05, 0.1) is 5.92 Å². The molecule has 0 aromatic heterocycles. The SMILES string of the molecule is CCCCCCCCNC(=O)N(C)CC(C)C(=O)O. The quantitative estimate of drug-likeness (QED) is 0.601. The molecule has 0 aliphatic carbocycles. The second-order valence-corrected chi connectivity index (χ2v) is 5.12. The van der Waals surface area contributed by atoms with Gasteiger partial charge in [-0.3, -0.25) is 4.79 Å². The summed E-state index contributed by atoms with van der Waals surface area (Å²) in [6, 6.07) is -0.193. The fourth-order valence-corrected chi connectivity index (χ4v) is 1.81. The molecule has 1 atom stereocenters. The van der Waals surface area contributed by atoms with E-state index in [9.17, 15) is 9.59 Å². The van der Waals surface area contributed by atoms with Crippen molar-refractivity contribution in [2.45, 2.75) is 52.4 Å². The topological polar surface area (TPSA) is 69.6 Å². The van der Waals surface area contributed by atoms with Gasteiger partial charge in [0.1, 0.15) is 0 Å². The molecule has 0 fully saturated rings. The molecule has 0 radical (unpaired) electrons. The zero-order chi connectivity index (χ0) is 14.7. The summed E-state index contributed by atoms with van der Waals surface area (Å²) >= 11 is 0. The maximum Gasteiger partial charge on any atom is 0.317 e. The van der Waals surface area contributed by atoms with Gasteiger partial charge >= 0.3 is 12.0 Å². The highest BCUT2D eigenvalue weighted by Gasteiger charge is 2.16. The van der Waals surface area contributed by atoms with Crippen molar-refractivity contribution in [3.63, 3.8) is 0 Å². The highest BCUT2D eigenvalue weighted by molar-refractivity contribution is 5.75. The van der Waals surface area contributed by atoms with Gasteiger partial charge in [-0.1, -0.05) is 46.0 Å². The third-order valence-electron chi connectivity index (χ3n) is 3.12. The second kappa shape index (κ2) is 10.6. The maximum atomic E-state index is 11.7. The summed E-state index contributed by atoms with van der Waals surface area (Å²) in [6.45, 7) is 4.68. The molecule has 2 N–H and O–H groups in total. The number of hydrogen-bond acceptors (Lipinski definition) is 2. The van der Waals surface area contributed by atoms with E-state index >= 15 is 0 Å². The van der Waals surface area contributed by atoms with E-state index in [1.165, 1.54) is 30.6 Å². The van der Waals surface area contributed by atoms with Crippen molar-refractivity contribution >= 4 is 12.0 Å². The number of carbonyl (C=O) groups excluding carboxylic acids is 1. The molecule has 0 aromatic carbocycles. The average molecular weight is 272 g/mol. The fraction of sp³-hybridized carbons (Fsp3) is 0.857. The number of rotatable bonds is 10. The first-order valence-electron chi connectivity index (χ1n) is 7.20. The van der Waals surface area contributed by atoms with Crippen LogP contribution >= 0.6 is 0 Å². The number of carboxylic acid groups (broad SMARTS) is 1. The summed E-state index contributed by atoms with van der Waals surface area (Å²) in [5, 5.41) is 11.6. The summed E-state index contributed by atoms with van der Waals surface area (Å²) < 4.78 is 0. The van der Waals surface area contributed by atoms with Gasteiger partial charge in [-0.15, -0.1) is 0 Å². The smallest absolute Gasteiger partial charge is 0.317 e. The number of aliphatic carboxylic acids is 1. The third kappa shape index (κ3) is 9.33. The van der Waals surface area contributed by atoms with Crippen molar-refractivity contribution in [2.24, 2.45) is 5.92 Å². The molecule has 0 saturated heterocycles. The minimum absolute atomic E-state index is 0.193. The van der Waals surface area contributed by atoms with Gasteiger partial charge < -0.3 is 15.3 Å². The molecular weight excluding hydrogens is 244 g/mol. The highest BCUT2D eigenvalue weighted by atomic mass is 16.4. The number of carbonyl (C=O) groups is 2. The molecule has 5 heteroatoms. The monoisotopic (exact) mass is 272 g/mol. The lowest BCUT2D eigenvalue weighted by Gasteiger charge is -2.19. The van der Waals surface area contributed by atoms with Crippen LogP contribution in [0.2, 0.25) is 0 Å². The molecular formula is C14H28N2O3. The van der Waals surface area contributed by atoms with Crippen LogP contribution < -0.4 is 5.32 Å². The molecule has 2 amide bonds. The van der Waals surface area contributed by atoms with Crippen molar-refractivity contribution in [2.75, 3.05) is 20.1 Å². The van der Waals surface area contributed by atoms with Crippen LogP contribution in [-0.2, 0) is 4.79 Å². The molecule has 5 nitrogen and oxygen atoms in total. The third-order valence-corrected chi connectivity index (χ3v) is 3.12. The van der Waals surface area contributed by atoms with E-state index in [1.54, 1.807) is 14.0 Å². The highest BCUT2D eigenvalue weighted by Crippen LogP contribution is 2.04. The Morgan fingerprint density at radius 3 is 2.32 bits per heavy atom. The van der Waals surface area contributed by atoms with Crippen molar-refractivity contribution in [1.29, 1.82) is 0 Å². The molecule has 0 aliphatic heterocycles. The Morgan fingerprint density at radius 1 is 1.16 bits per heavy atom. The van der Waals surface area contributed by atoms with E-state index in [2.05, 4.69) is 12.2 Å². The molecule has 0 bridgehead atoms. The predicted octanol–water partition coefficient (Wildman–Crippen LogP) is 2.71. The minimum Gasteiger partial charge on any atom is -0.481 e. The number of nitrogens with one attached hydrogen (secondary N) is 1. The Morgan fingerprint density at radius 2 is 1.74 bits per heavy atom. The zero-order valence-electron chi connectivity index (χ0n) is 12.4. The number of urea groups is 1. The predicted molar refractivity (Wildman–Crippen MR) is 76.2 cm³/mol. The normalized spacial score (nSPS) is 11.9. The minimum atomic E-state index is -0.879. The van der Waals surface area contributed by atoms with Gasteiger partial charge in [0.2, 0.25) is 0 Å². The maximum absolute atomic E-state index is 11.7. The Bertz CT molecular complexity index is 269. The number of nitrogens with zero attached hydrogens (tertiary/aromatic N) is 1. The molecule has 1 unspecified atom stereocenters. The second-order valence-electron chi connectivity index (χ2n) is 5.12. The van der Waals surface area contributed by atoms with E-state index in [4.69, 9.17) is 5.11 Å². The van der Waals surface area contributed by atoms with Crippen molar-refractivity contribution in [3.05, 3.63) is 0 Å². The number of carboxylic acids is 1. The fourth-order valence-electron chi connectivity index (χ4n) is 1.81. The van der Waals surface area contributed by atoms with E-state index in [-0.39, 0.29) is 12.6 Å². The summed E-state index contributed by atoms with van der Waals surface area (Å²) in [6.07, 6.45) is 7.12. The lowest BCUT2D eigenvalue weighted by atomic mass is 10.1. The Labute approximate surface area is 116 Å². The number of hydrogen-bond donors (Lipinski definition) is 2. The number of unbranched alkanes of at least 4 members (excludes halogenated alkanes) is 5. The molecule has 0 saturated carbocycles. The Kier molecular flexibility index (Phi) is 9.94. The first kappa shape index (κ1) is 17.7. The molecule has 0 aromatic rings. The van der Waals surface area contributed by atoms with Gasteiger partial charge in [-0.05, 0) is 6.42 Å². The molecule has 0 rings (SSSR count). The van der Waals surface area contributed by atoms with Crippen LogP contribution in [0, 0.1) is 5.92 Å². The van der Waals surface area contributed by atoms with Crippen LogP contribution in [-0.4, -0.2) is 42.1 Å². The summed E-state index contributed by atoms with van der Waals surface area (Å²) in [5.74, 6) is -1.42. The van der Waals surface area contributed by atoms with Crippen LogP contribution in [0.1, 0.15) is 52.4 Å². The van der Waals surface area contributed by atoms with Gasteiger partial charge in [0, 0.05) is 20.1 Å². The van der Waals surface area contributed by atoms with Crippen LogP contribution in [0.3, 0.4) is 0 Å². The van der Waals surface area contributed by atoms with Crippen LogP contribution in [0.5, 0.6) is 0 Å². The van der Waals surface area contributed by atoms with Gasteiger partial charge in [0.15, 0.2) is 0 Å². The lowest BCUT2D eigenvalue weighted by molar-refractivity contribution is -0.141. The lowest BCUT2D eigenvalue weighted by Crippen LogP contribution is -2.41. The first-order chi connectivity index (χ1) is 8.99. The van der Waals surface area contributed by atoms with Crippen molar-refractivity contribution in [1.82, 2.24) is 10.2 Å². The van der Waals surface area contributed by atoms with E-state index in [1.807, 2.05) is 0 Å². The molecule has 0 spiro atoms. The van der Waals surface area contributed by atoms with Gasteiger partial charge in [-0.2, -0.15) is 0 Å². The van der Waals surface area contributed by atoms with Crippen LogP contribution in [0.4, 0.5) is 4.79 Å². The Hall–Kier alpha value is -1.26. The first-order valence-corrected chi connectivity index (χ1v) is 7.20. The Balaban J connectivity index is 3.60. The van der Waals surface area contributed by atoms with E-state index < -0.39 is 11.9 Å². The zero-order valence-corrected chi connectivity index (χ0v) is 12.4. The average Bonchev–Trinajstić information content (AvgIpc) is 2.37. The standard InChI is InChI=1S/C14H28N2O3/c1-4-5-6-7-8-9-10-15-14(19)16(3)11-12(2)13(17)18/h12H,4-11H2,1-3H3,(H,15,19)(H,17,18). The summed E-state index contributed by atoms with van der Waals surface area (Å²) in [5.41, 5.74) is 0. The van der Waals surface area contributed by atoms with E-state index in [0.717, 1.165) is 12.8 Å². The summed E-state index contributed by atoms with van der Waals surface area (Å²) in [7, 11) is 1.62. The van der Waals surface area contributed by atoms with Crippen molar-refractivity contribution < 1.29 is 14.7 Å². The van der Waals surface area contributed by atoms with Crippen LogP contribution in [0.15, 0.2) is 0 Å². The van der Waals surface area contributed by atoms with Gasteiger partial charge in [-0.25, -0.2) is 4.79 Å². The van der Waals surface area contributed by atoms with Gasteiger partial charge in [0.25, 0.3) is 0 Å². The molecule has 0 aliphatic rings. The molecule has 0 heterocycles. The largest absolute Gasteiger partial charge is 0.481 e. The van der Waals surface area contributed by atoms with Crippen molar-refractivity contribution in [3.8, 4) is 0 Å².